The molecule has 0 aromatic heterocycles. The van der Waals surface area contributed by atoms with Crippen LogP contribution in [0.4, 0.5) is 5.69 Å². The van der Waals surface area contributed by atoms with Gasteiger partial charge in [0.25, 0.3) is 0 Å². The fourth-order valence-electron chi connectivity index (χ4n) is 2.13. The molecule has 0 heterocycles. The molecule has 2 unspecified atom stereocenters. The standard InChI is InChI=1S/C16H27N3O/c1-11(2)15(9-17)10-18-12(3)14-6-5-7-16(8-14)19-13(4)20/h5-8,11-12,15,18H,9-10,17H2,1-4H3,(H,19,20). The van der Waals surface area contributed by atoms with Crippen LogP contribution in [-0.2, 0) is 4.79 Å². The van der Waals surface area contributed by atoms with Gasteiger partial charge in [0.05, 0.1) is 0 Å². The quantitative estimate of drug-likeness (QED) is 0.717. The minimum absolute atomic E-state index is 0.0502. The molecule has 0 saturated carbocycles. The van der Waals surface area contributed by atoms with Crippen molar-refractivity contribution in [1.82, 2.24) is 5.32 Å². The molecule has 4 N–H and O–H groups in total. The molecule has 20 heavy (non-hydrogen) atoms. The molecule has 0 aliphatic rings. The van der Waals surface area contributed by atoms with E-state index in [1.807, 2.05) is 18.2 Å². The number of rotatable bonds is 7. The van der Waals surface area contributed by atoms with E-state index in [9.17, 15) is 4.79 Å². The number of nitrogens with two attached hydrogens (primary N) is 1. The maximum atomic E-state index is 11.1. The van der Waals surface area contributed by atoms with Crippen molar-refractivity contribution in [2.75, 3.05) is 18.4 Å². The maximum absolute atomic E-state index is 11.1. The minimum Gasteiger partial charge on any atom is -0.330 e. The predicted molar refractivity (Wildman–Crippen MR) is 84.5 cm³/mol. The van der Waals surface area contributed by atoms with Crippen molar-refractivity contribution in [3.05, 3.63) is 29.8 Å². The average Bonchev–Trinajstić information content (AvgIpc) is 2.38. The molecule has 0 aliphatic carbocycles. The van der Waals surface area contributed by atoms with E-state index in [-0.39, 0.29) is 11.9 Å². The van der Waals surface area contributed by atoms with E-state index >= 15 is 0 Å². The molecule has 1 aromatic carbocycles. The van der Waals surface area contributed by atoms with Crippen LogP contribution in [-0.4, -0.2) is 19.0 Å². The Labute approximate surface area is 122 Å². The van der Waals surface area contributed by atoms with Crippen LogP contribution in [0.3, 0.4) is 0 Å². The number of hydrogen-bond donors (Lipinski definition) is 3. The largest absolute Gasteiger partial charge is 0.330 e. The Balaban J connectivity index is 2.62. The molecule has 112 valence electrons. The number of carbonyl (C=O) groups is 1. The van der Waals surface area contributed by atoms with Gasteiger partial charge in [-0.05, 0) is 49.5 Å². The van der Waals surface area contributed by atoms with Gasteiger partial charge in [0.15, 0.2) is 0 Å². The van der Waals surface area contributed by atoms with E-state index < -0.39 is 0 Å². The highest BCUT2D eigenvalue weighted by Gasteiger charge is 2.13. The van der Waals surface area contributed by atoms with Crippen LogP contribution in [0.1, 0.15) is 39.3 Å². The maximum Gasteiger partial charge on any atom is 0.221 e. The van der Waals surface area contributed by atoms with E-state index in [4.69, 9.17) is 5.73 Å². The van der Waals surface area contributed by atoms with Gasteiger partial charge in [0, 0.05) is 18.7 Å². The van der Waals surface area contributed by atoms with Crippen LogP contribution >= 0.6 is 0 Å². The van der Waals surface area contributed by atoms with Crippen LogP contribution in [0.25, 0.3) is 0 Å². The van der Waals surface area contributed by atoms with Crippen LogP contribution in [0.5, 0.6) is 0 Å². The zero-order chi connectivity index (χ0) is 15.1. The van der Waals surface area contributed by atoms with Gasteiger partial charge < -0.3 is 16.4 Å². The first kappa shape index (κ1) is 16.7. The number of carbonyl (C=O) groups excluding carboxylic acids is 1. The van der Waals surface area contributed by atoms with Gasteiger partial charge in [-0.2, -0.15) is 0 Å². The third kappa shape index (κ3) is 5.31. The molecule has 1 amide bonds. The van der Waals surface area contributed by atoms with Crippen molar-refractivity contribution >= 4 is 11.6 Å². The molecule has 0 aliphatic heterocycles. The lowest BCUT2D eigenvalue weighted by Crippen LogP contribution is -2.33. The van der Waals surface area contributed by atoms with Crippen molar-refractivity contribution in [2.45, 2.75) is 33.7 Å². The topological polar surface area (TPSA) is 67.2 Å². The van der Waals surface area contributed by atoms with Crippen LogP contribution in [0, 0.1) is 11.8 Å². The number of amides is 1. The van der Waals surface area contributed by atoms with Crippen LogP contribution in [0.2, 0.25) is 0 Å². The molecule has 1 rings (SSSR count). The summed E-state index contributed by atoms with van der Waals surface area (Å²) >= 11 is 0. The number of benzene rings is 1. The lowest BCUT2D eigenvalue weighted by Gasteiger charge is -2.23. The highest BCUT2D eigenvalue weighted by molar-refractivity contribution is 5.88. The Morgan fingerprint density at radius 3 is 2.55 bits per heavy atom. The summed E-state index contributed by atoms with van der Waals surface area (Å²) in [7, 11) is 0. The fourth-order valence-corrected chi connectivity index (χ4v) is 2.13. The van der Waals surface area contributed by atoms with E-state index in [0.29, 0.717) is 18.4 Å². The molecule has 0 bridgehead atoms. The van der Waals surface area contributed by atoms with Crippen LogP contribution < -0.4 is 16.4 Å². The highest BCUT2D eigenvalue weighted by atomic mass is 16.1. The van der Waals surface area contributed by atoms with Gasteiger partial charge in [-0.3, -0.25) is 4.79 Å². The molecule has 0 radical (unpaired) electrons. The fraction of sp³-hybridized carbons (Fsp3) is 0.562. The summed E-state index contributed by atoms with van der Waals surface area (Å²) in [6.07, 6.45) is 0. The Kier molecular flexibility index (Phi) is 6.68. The summed E-state index contributed by atoms with van der Waals surface area (Å²) in [5.74, 6) is 1.01. The van der Waals surface area contributed by atoms with Crippen molar-refractivity contribution in [3.8, 4) is 0 Å². The molecule has 0 fully saturated rings. The number of hydrogen-bond acceptors (Lipinski definition) is 3. The normalized spacial score (nSPS) is 14.1. The Morgan fingerprint density at radius 1 is 1.30 bits per heavy atom. The molecule has 4 nitrogen and oxygen atoms in total. The summed E-state index contributed by atoms with van der Waals surface area (Å²) in [4.78, 5) is 11.1. The third-order valence-electron chi connectivity index (χ3n) is 3.64. The van der Waals surface area contributed by atoms with E-state index in [2.05, 4.69) is 37.5 Å². The first-order valence-corrected chi connectivity index (χ1v) is 7.25. The van der Waals surface area contributed by atoms with Crippen LogP contribution in [0.15, 0.2) is 24.3 Å². The third-order valence-corrected chi connectivity index (χ3v) is 3.64. The van der Waals surface area contributed by atoms with Gasteiger partial charge in [-0.25, -0.2) is 0 Å². The van der Waals surface area contributed by atoms with Crippen molar-refractivity contribution in [1.29, 1.82) is 0 Å². The SMILES string of the molecule is CC(=O)Nc1cccc(C(C)NCC(CN)C(C)C)c1. The number of nitrogens with one attached hydrogen (secondary N) is 2. The molecule has 0 saturated heterocycles. The molecular weight excluding hydrogens is 250 g/mol. The molecule has 4 heteroatoms. The summed E-state index contributed by atoms with van der Waals surface area (Å²) in [6, 6.07) is 8.16. The smallest absolute Gasteiger partial charge is 0.221 e. The highest BCUT2D eigenvalue weighted by Crippen LogP contribution is 2.18. The van der Waals surface area contributed by atoms with E-state index in [0.717, 1.165) is 17.8 Å². The Bertz CT molecular complexity index is 431. The van der Waals surface area contributed by atoms with Gasteiger partial charge in [-0.1, -0.05) is 26.0 Å². The molecule has 0 spiro atoms. The summed E-state index contributed by atoms with van der Waals surface area (Å²) in [5, 5.41) is 6.33. The minimum atomic E-state index is -0.0502. The van der Waals surface area contributed by atoms with Crippen molar-refractivity contribution in [3.63, 3.8) is 0 Å². The van der Waals surface area contributed by atoms with Gasteiger partial charge >= 0.3 is 0 Å². The van der Waals surface area contributed by atoms with Gasteiger partial charge in [-0.15, -0.1) is 0 Å². The second-order valence-corrected chi connectivity index (χ2v) is 5.68. The second kappa shape index (κ2) is 8.02. The van der Waals surface area contributed by atoms with Crippen molar-refractivity contribution in [2.24, 2.45) is 17.6 Å². The summed E-state index contributed by atoms with van der Waals surface area (Å²) < 4.78 is 0. The number of anilines is 1. The lowest BCUT2D eigenvalue weighted by molar-refractivity contribution is -0.114. The molecule has 2 atom stereocenters. The summed E-state index contributed by atoms with van der Waals surface area (Å²) in [6.45, 7) is 9.63. The van der Waals surface area contributed by atoms with E-state index in [1.54, 1.807) is 0 Å². The zero-order valence-corrected chi connectivity index (χ0v) is 12.9. The molecule has 1 aromatic rings. The Morgan fingerprint density at radius 2 is 2.00 bits per heavy atom. The zero-order valence-electron chi connectivity index (χ0n) is 12.9. The lowest BCUT2D eigenvalue weighted by atomic mass is 9.95. The van der Waals surface area contributed by atoms with E-state index in [1.165, 1.54) is 6.92 Å². The monoisotopic (exact) mass is 277 g/mol. The molecular formula is C16H27N3O. The predicted octanol–water partition coefficient (Wildman–Crippen LogP) is 2.53. The first-order valence-electron chi connectivity index (χ1n) is 7.25. The summed E-state index contributed by atoms with van der Waals surface area (Å²) in [5.41, 5.74) is 7.79. The second-order valence-electron chi connectivity index (χ2n) is 5.68. The first-order chi connectivity index (χ1) is 9.43. The average molecular weight is 277 g/mol. The van der Waals surface area contributed by atoms with Gasteiger partial charge in [0.1, 0.15) is 0 Å². The Hall–Kier alpha value is -1.39. The van der Waals surface area contributed by atoms with Gasteiger partial charge in [0.2, 0.25) is 5.91 Å². The van der Waals surface area contributed by atoms with Crippen molar-refractivity contribution < 1.29 is 4.79 Å².